The molecule has 0 aliphatic rings. The number of aliphatic imine (C=N–C) groups is 1. The summed E-state index contributed by atoms with van der Waals surface area (Å²) in [5.41, 5.74) is -2.42. The molecule has 0 aliphatic heterocycles. The van der Waals surface area contributed by atoms with Gasteiger partial charge in [0.15, 0.2) is 0 Å². The number of ether oxygens (including phenoxy) is 1. The number of nitrogens with zero attached hydrogens (tertiary/aromatic N) is 2. The molecule has 3 rings (SSSR count). The number of halogens is 7. The molecule has 0 unspecified atom stereocenters. The van der Waals surface area contributed by atoms with E-state index in [1.807, 2.05) is 6.07 Å². The summed E-state index contributed by atoms with van der Waals surface area (Å²) in [6, 6.07) is 13.8. The van der Waals surface area contributed by atoms with E-state index in [4.69, 9.17) is 21.6 Å². The van der Waals surface area contributed by atoms with Crippen molar-refractivity contribution in [1.82, 2.24) is 0 Å². The van der Waals surface area contributed by atoms with E-state index in [0.717, 1.165) is 13.0 Å². The second-order valence-corrected chi connectivity index (χ2v) is 8.98. The Morgan fingerprint density at radius 1 is 1.07 bits per heavy atom. The molecule has 0 radical (unpaired) electrons. The lowest BCUT2D eigenvalue weighted by molar-refractivity contribution is -0.137. The van der Waals surface area contributed by atoms with E-state index >= 15 is 0 Å². The number of alkyl halides is 6. The van der Waals surface area contributed by atoms with Gasteiger partial charge in [-0.3, -0.25) is 4.99 Å². The van der Waals surface area contributed by atoms with E-state index in [1.165, 1.54) is 25.2 Å². The van der Waals surface area contributed by atoms with E-state index in [-0.39, 0.29) is 40.3 Å². The fourth-order valence-electron chi connectivity index (χ4n) is 3.76. The smallest absolute Gasteiger partial charge is 0.417 e. The fraction of sp³-hybridized carbons (Fsp3) is 0.172. The summed E-state index contributed by atoms with van der Waals surface area (Å²) in [5.74, 6) is -0.718. The van der Waals surface area contributed by atoms with Crippen LogP contribution in [0.5, 0.6) is 11.5 Å². The first-order valence-corrected chi connectivity index (χ1v) is 11.8. The zero-order valence-electron chi connectivity index (χ0n) is 21.1. The van der Waals surface area contributed by atoms with Crippen LogP contribution in [0.25, 0.3) is 11.1 Å². The van der Waals surface area contributed by atoms with Crippen molar-refractivity contribution in [1.29, 1.82) is 5.26 Å². The van der Waals surface area contributed by atoms with E-state index in [0.29, 0.717) is 23.3 Å². The van der Waals surface area contributed by atoms with Crippen LogP contribution in [0.2, 0.25) is 5.02 Å². The van der Waals surface area contributed by atoms with Crippen molar-refractivity contribution in [2.45, 2.75) is 25.9 Å². The lowest BCUT2D eigenvalue weighted by Gasteiger charge is -2.19. The van der Waals surface area contributed by atoms with Crippen LogP contribution >= 0.6 is 11.6 Å². The molecule has 0 bridgehead atoms. The summed E-state index contributed by atoms with van der Waals surface area (Å²) in [7, 11) is 1.21. The van der Waals surface area contributed by atoms with Gasteiger partial charge >= 0.3 is 12.4 Å². The molecule has 3 aromatic carbocycles. The highest BCUT2D eigenvalue weighted by molar-refractivity contribution is 6.31. The summed E-state index contributed by atoms with van der Waals surface area (Å²) in [4.78, 5) is 3.87. The lowest BCUT2D eigenvalue weighted by atomic mass is 9.95. The molecule has 208 valence electrons. The Hall–Kier alpha value is -4.23. The molecule has 4 nitrogen and oxygen atoms in total. The second-order valence-electron chi connectivity index (χ2n) is 8.57. The summed E-state index contributed by atoms with van der Waals surface area (Å²) >= 11 is 5.77. The molecule has 0 atom stereocenters. The summed E-state index contributed by atoms with van der Waals surface area (Å²) in [6.07, 6.45) is -8.91. The molecule has 40 heavy (non-hydrogen) atoms. The van der Waals surface area contributed by atoms with Gasteiger partial charge in [0.2, 0.25) is 0 Å². The predicted octanol–water partition coefficient (Wildman–Crippen LogP) is 8.67. The molecule has 0 amide bonds. The number of nitriles is 1. The molecule has 0 fully saturated rings. The Morgan fingerprint density at radius 2 is 1.73 bits per heavy atom. The second kappa shape index (κ2) is 11.9. The highest BCUT2D eigenvalue weighted by Crippen LogP contribution is 2.44. The highest BCUT2D eigenvalue weighted by atomic mass is 35.5. The molecule has 0 saturated carbocycles. The van der Waals surface area contributed by atoms with Crippen molar-refractivity contribution >= 4 is 17.3 Å². The van der Waals surface area contributed by atoms with Gasteiger partial charge in [0.1, 0.15) is 18.1 Å². The molecular weight excluding hydrogens is 558 g/mol. The number of hydrogen-bond donors (Lipinski definition) is 1. The lowest BCUT2D eigenvalue weighted by Crippen LogP contribution is -2.15. The Bertz CT molecular complexity index is 1530. The molecule has 0 aromatic heterocycles. The standard InChI is InChI=1S/C29H21ClF6N2O2/c1-16(2)21(28(31,32)33)13-24(38-3)20-9-11-25(40-15-18-6-4-17(14-37)5-7-18)26(27(20)39)19-8-10-23(30)22(12-19)29(34,35)36/h4-13,39H,1,15H2,2-3H3/b21-13+,38-24+. The van der Waals surface area contributed by atoms with Crippen LogP contribution in [0.4, 0.5) is 26.3 Å². The number of hydrogen-bond acceptors (Lipinski definition) is 4. The molecule has 1 N–H and O–H groups in total. The normalized spacial score (nSPS) is 12.7. The maximum absolute atomic E-state index is 13.6. The van der Waals surface area contributed by atoms with Crippen LogP contribution in [0, 0.1) is 11.3 Å². The summed E-state index contributed by atoms with van der Waals surface area (Å²) in [5, 5.41) is 19.7. The van der Waals surface area contributed by atoms with Crippen LogP contribution in [0.3, 0.4) is 0 Å². The zero-order valence-corrected chi connectivity index (χ0v) is 21.8. The minimum atomic E-state index is -4.83. The largest absolute Gasteiger partial charge is 0.506 e. The van der Waals surface area contributed by atoms with Crippen molar-refractivity contribution in [3.63, 3.8) is 0 Å². The Kier molecular flexibility index (Phi) is 9.00. The average molecular weight is 579 g/mol. The third-order valence-electron chi connectivity index (χ3n) is 5.74. The van der Waals surface area contributed by atoms with Gasteiger partial charge in [0.05, 0.1) is 39.1 Å². The van der Waals surface area contributed by atoms with Gasteiger partial charge in [-0.05, 0) is 66.1 Å². The number of phenolic OH excluding ortho intramolecular Hbond substituents is 1. The van der Waals surface area contributed by atoms with Crippen LogP contribution in [0.15, 0.2) is 83.4 Å². The first kappa shape index (κ1) is 30.3. The zero-order chi connectivity index (χ0) is 29.8. The molecule has 0 aliphatic carbocycles. The van der Waals surface area contributed by atoms with Gasteiger partial charge in [0, 0.05) is 12.6 Å². The quantitative estimate of drug-likeness (QED) is 0.173. The average Bonchev–Trinajstić information content (AvgIpc) is 2.87. The Balaban J connectivity index is 2.22. The number of phenols is 1. The van der Waals surface area contributed by atoms with E-state index in [9.17, 15) is 31.4 Å². The van der Waals surface area contributed by atoms with Gasteiger partial charge in [-0.2, -0.15) is 31.6 Å². The van der Waals surface area contributed by atoms with Crippen molar-refractivity contribution < 1.29 is 36.2 Å². The number of aromatic hydroxyl groups is 1. The molecular formula is C29H21ClF6N2O2. The van der Waals surface area contributed by atoms with Gasteiger partial charge < -0.3 is 9.84 Å². The predicted molar refractivity (Wildman–Crippen MR) is 140 cm³/mol. The maximum Gasteiger partial charge on any atom is 0.417 e. The molecule has 0 heterocycles. The van der Waals surface area contributed by atoms with Crippen molar-refractivity contribution in [2.24, 2.45) is 4.99 Å². The van der Waals surface area contributed by atoms with E-state index in [1.54, 1.807) is 24.3 Å². The maximum atomic E-state index is 13.6. The SMILES string of the molecule is C=C(C)/C(=C\C(=N/C)c1ccc(OCc2ccc(C#N)cc2)c(-c2ccc(Cl)c(C(F)(F)F)c2)c1O)C(F)(F)F. The van der Waals surface area contributed by atoms with Gasteiger partial charge in [0.25, 0.3) is 0 Å². The topological polar surface area (TPSA) is 65.6 Å². The third-order valence-corrected chi connectivity index (χ3v) is 6.07. The van der Waals surface area contributed by atoms with Gasteiger partial charge in [-0.25, -0.2) is 0 Å². The monoisotopic (exact) mass is 578 g/mol. The minimum Gasteiger partial charge on any atom is -0.506 e. The van der Waals surface area contributed by atoms with E-state index in [2.05, 4.69) is 11.6 Å². The summed E-state index contributed by atoms with van der Waals surface area (Å²) < 4.78 is 87.5. The first-order valence-electron chi connectivity index (χ1n) is 11.4. The van der Waals surface area contributed by atoms with Gasteiger partial charge in [-0.1, -0.05) is 36.4 Å². The molecule has 0 spiro atoms. The molecule has 3 aromatic rings. The van der Waals surface area contributed by atoms with Crippen molar-refractivity contribution in [2.75, 3.05) is 7.05 Å². The Labute approximate surface area is 231 Å². The fourth-order valence-corrected chi connectivity index (χ4v) is 3.98. The molecule has 0 saturated heterocycles. The van der Waals surface area contributed by atoms with Crippen LogP contribution in [0.1, 0.15) is 29.2 Å². The van der Waals surface area contributed by atoms with Crippen molar-refractivity contribution in [3.8, 4) is 28.7 Å². The minimum absolute atomic E-state index is 0.0589. The molecule has 11 heteroatoms. The third kappa shape index (κ3) is 6.85. The first-order chi connectivity index (χ1) is 18.7. The number of allylic oxidation sites excluding steroid dienone is 3. The number of benzene rings is 3. The van der Waals surface area contributed by atoms with E-state index < -0.39 is 34.3 Å². The Morgan fingerprint density at radius 3 is 2.25 bits per heavy atom. The van der Waals surface area contributed by atoms with Crippen LogP contribution in [-0.4, -0.2) is 24.0 Å². The van der Waals surface area contributed by atoms with Crippen molar-refractivity contribution in [3.05, 3.63) is 106 Å². The number of rotatable bonds is 7. The van der Waals surface area contributed by atoms with Crippen LogP contribution in [-0.2, 0) is 12.8 Å². The highest BCUT2D eigenvalue weighted by Gasteiger charge is 2.35. The van der Waals surface area contributed by atoms with Crippen LogP contribution < -0.4 is 4.74 Å². The van der Waals surface area contributed by atoms with Gasteiger partial charge in [-0.15, -0.1) is 0 Å². The summed E-state index contributed by atoms with van der Waals surface area (Å²) in [6.45, 7) is 4.41.